The van der Waals surface area contributed by atoms with Crippen molar-refractivity contribution in [1.29, 1.82) is 0 Å². The predicted molar refractivity (Wildman–Crippen MR) is 243 cm³/mol. The summed E-state index contributed by atoms with van der Waals surface area (Å²) in [5, 5.41) is 37.5. The second-order valence-corrected chi connectivity index (χ2v) is 19.7. The number of aromatic carboxylic acids is 1. The van der Waals surface area contributed by atoms with E-state index in [1.165, 1.54) is 88.9 Å². The first-order valence-electron chi connectivity index (χ1n) is 18.3. The molecule has 0 aliphatic heterocycles. The summed E-state index contributed by atoms with van der Waals surface area (Å²) in [7, 11) is 4.22. The number of methoxy groups -OCH3 is 3. The molecule has 0 saturated heterocycles. The van der Waals surface area contributed by atoms with Gasteiger partial charge in [-0.15, -0.1) is 47.3 Å². The molecule has 13 nitrogen and oxygen atoms in total. The number of carbonyl (C=O) groups is 5. The van der Waals surface area contributed by atoms with Gasteiger partial charge in [0.15, 0.2) is 5.78 Å². The number of nitrogens with zero attached hydrogens (tertiary/aromatic N) is 1. The van der Waals surface area contributed by atoms with Crippen LogP contribution in [-0.2, 0) is 23.9 Å². The Morgan fingerprint density at radius 1 is 0.625 bits per heavy atom. The first-order chi connectivity index (χ1) is 30.1. The molecule has 0 radical (unpaired) electrons. The number of ether oxygens (including phenoxy) is 3. The molecule has 4 aromatic rings. The molecule has 0 unspecified atom stereocenters. The zero-order valence-electron chi connectivity index (χ0n) is 34.7. The van der Waals surface area contributed by atoms with E-state index in [0.717, 1.165) is 12.1 Å². The minimum Gasteiger partial charge on any atom is -0.506 e. The van der Waals surface area contributed by atoms with Gasteiger partial charge < -0.3 is 34.6 Å². The third-order valence-electron chi connectivity index (χ3n) is 9.17. The Balaban J connectivity index is 0.000000245. The number of aliphatic carboxylic acids is 2. The van der Waals surface area contributed by atoms with Crippen molar-refractivity contribution in [3.05, 3.63) is 146 Å². The van der Waals surface area contributed by atoms with E-state index in [-0.39, 0.29) is 67.0 Å². The van der Waals surface area contributed by atoms with E-state index in [1.807, 2.05) is 0 Å². The topological polar surface area (TPSA) is 207 Å². The van der Waals surface area contributed by atoms with Crippen molar-refractivity contribution in [3.63, 3.8) is 0 Å². The smallest absolute Gasteiger partial charge is 0.369 e. The number of aliphatic hydroxyl groups excluding tert-OH is 1. The third-order valence-corrected chi connectivity index (χ3v) is 9.17. The molecule has 1 aromatic heterocycles. The second-order valence-electron chi connectivity index (χ2n) is 13.3. The van der Waals surface area contributed by atoms with Gasteiger partial charge in [0.2, 0.25) is 11.7 Å². The number of pyridine rings is 1. The normalized spacial score (nSPS) is 13.4. The molecular formula is C44H38BBr3F3NO12. The Bertz CT molecular complexity index is 2570. The van der Waals surface area contributed by atoms with Crippen LogP contribution in [0, 0.1) is 24.4 Å². The largest absolute Gasteiger partial charge is 0.506 e. The molecule has 0 fully saturated rings. The molecule has 6 rings (SSSR count). The number of aliphatic hydroxyl groups is 1. The standard InChI is InChI=1S/C15H14FNO4.C15H13FO4.C14H11FO4.BBr3/c1-8-11(15(18)19)13(20-2)12(14(17-8)21-3)9-4-6-10(16)7-5-9;1-8-7-11(20-2)13(14(17)12(8)15(18)19)9-3-5-10(16)6-4-9;1-7-6-10(16)12(13(17)11(7)14(18)19)8-2-4-9(15)5-3-8;2-1(3)4/h4-7H,1-3H3,(H,18,19);3-6H,7H2,1-2H3,(H,18,19);2-5,17H,6H2,1H3,(H,18,19);. The van der Waals surface area contributed by atoms with Gasteiger partial charge in [-0.1, -0.05) is 36.4 Å². The fourth-order valence-corrected chi connectivity index (χ4v) is 6.43. The number of hydrogen-bond donors (Lipinski definition) is 4. The number of aryl methyl sites for hydroxylation is 1. The van der Waals surface area contributed by atoms with Gasteiger partial charge in [0.05, 0.1) is 43.7 Å². The van der Waals surface area contributed by atoms with Crippen LogP contribution in [-0.4, -0.2) is 79.4 Å². The number of carboxylic acid groups (broad SMARTS) is 3. The van der Waals surface area contributed by atoms with Gasteiger partial charge in [0, 0.05) is 12.8 Å². The summed E-state index contributed by atoms with van der Waals surface area (Å²) in [6, 6.07) is 15.8. The van der Waals surface area contributed by atoms with Crippen molar-refractivity contribution in [2.75, 3.05) is 21.3 Å². The van der Waals surface area contributed by atoms with Crippen LogP contribution in [0.5, 0.6) is 11.6 Å². The minimum absolute atomic E-state index is 0.0439. The van der Waals surface area contributed by atoms with Gasteiger partial charge in [0.1, 0.15) is 51.4 Å². The number of carboxylic acids is 3. The monoisotopic (exact) mass is 1080 g/mol. The lowest BCUT2D eigenvalue weighted by molar-refractivity contribution is -0.134. The van der Waals surface area contributed by atoms with Gasteiger partial charge in [-0.3, -0.25) is 9.59 Å². The Morgan fingerprint density at radius 2 is 1.05 bits per heavy atom. The summed E-state index contributed by atoms with van der Waals surface area (Å²) in [6.07, 6.45) is 0.176. The number of halogens is 6. The fourth-order valence-electron chi connectivity index (χ4n) is 6.43. The highest BCUT2D eigenvalue weighted by Crippen LogP contribution is 2.41. The highest BCUT2D eigenvalue weighted by Gasteiger charge is 2.33. The molecule has 64 heavy (non-hydrogen) atoms. The number of hydrogen-bond acceptors (Lipinski definition) is 10. The van der Waals surface area contributed by atoms with Gasteiger partial charge in [-0.05, 0) is 85.0 Å². The van der Waals surface area contributed by atoms with Gasteiger partial charge in [-0.25, -0.2) is 32.5 Å². The lowest BCUT2D eigenvalue weighted by Gasteiger charge is -2.20. The number of allylic oxidation sites excluding steroid dienone is 4. The summed E-state index contributed by atoms with van der Waals surface area (Å²) in [6.45, 7) is 4.63. The maximum Gasteiger partial charge on any atom is 0.369 e. The summed E-state index contributed by atoms with van der Waals surface area (Å²) in [4.78, 5) is 62.1. The Labute approximate surface area is 390 Å². The molecule has 0 saturated carbocycles. The lowest BCUT2D eigenvalue weighted by atomic mass is 9.86. The predicted octanol–water partition coefficient (Wildman–Crippen LogP) is 10.1. The minimum atomic E-state index is -1.29. The number of rotatable bonds is 9. The van der Waals surface area contributed by atoms with Gasteiger partial charge in [0.25, 0.3) is 0 Å². The molecule has 0 amide bonds. The van der Waals surface area contributed by atoms with E-state index in [2.05, 4.69) is 52.3 Å². The fraction of sp³-hybridized carbons (Fsp3) is 0.182. The molecule has 0 spiro atoms. The SMILES string of the molecule is BrB(Br)Br.CC1=C(C(=O)O)C(O)=C(c2ccc(F)cc2)C(=O)C1.COC1=C(c2ccc(F)cc2)C(=O)C(C(=O)O)=C(C)C1.COc1nc(C)c(C(=O)O)c(OC)c1-c1ccc(F)cc1. The molecule has 0 atom stereocenters. The van der Waals surface area contributed by atoms with Crippen LogP contribution >= 0.6 is 47.3 Å². The first-order valence-corrected chi connectivity index (χ1v) is 21.0. The molecule has 1 heterocycles. The quantitative estimate of drug-likeness (QED) is 0.0911. The maximum absolute atomic E-state index is 13.1. The van der Waals surface area contributed by atoms with E-state index in [9.17, 15) is 47.4 Å². The molecule has 3 aromatic carbocycles. The van der Waals surface area contributed by atoms with Crippen molar-refractivity contribution in [3.8, 4) is 22.8 Å². The average molecular weight is 1080 g/mol. The van der Waals surface area contributed by atoms with E-state index >= 15 is 0 Å². The number of benzene rings is 3. The van der Waals surface area contributed by atoms with Crippen molar-refractivity contribution in [1.82, 2.24) is 4.98 Å². The summed E-state index contributed by atoms with van der Waals surface area (Å²) < 4.78 is 54.8. The van der Waals surface area contributed by atoms with Crippen LogP contribution in [0.3, 0.4) is 0 Å². The van der Waals surface area contributed by atoms with Crippen molar-refractivity contribution < 1.29 is 71.8 Å². The first kappa shape index (κ1) is 52.4. The molecule has 2 aliphatic rings. The van der Waals surface area contributed by atoms with E-state index in [1.54, 1.807) is 13.8 Å². The molecule has 0 bridgehead atoms. The second kappa shape index (κ2) is 23.6. The summed E-state index contributed by atoms with van der Waals surface area (Å²) in [5.41, 5.74) is 2.26. The molecule has 2 aliphatic carbocycles. The van der Waals surface area contributed by atoms with E-state index in [0.29, 0.717) is 39.2 Å². The summed E-state index contributed by atoms with van der Waals surface area (Å²) in [5.74, 6) is -5.80. The Morgan fingerprint density at radius 3 is 1.44 bits per heavy atom. The lowest BCUT2D eigenvalue weighted by Crippen LogP contribution is -2.21. The molecule has 4 N–H and O–H groups in total. The van der Waals surface area contributed by atoms with Crippen LogP contribution in [0.15, 0.2) is 107 Å². The zero-order chi connectivity index (χ0) is 48.2. The molecule has 336 valence electrons. The van der Waals surface area contributed by atoms with Crippen LogP contribution in [0.1, 0.15) is 53.9 Å². The number of Topliss-reactive ketones (excluding diaryl/α,β-unsaturated/α-hetero) is 2. The third kappa shape index (κ3) is 13.0. The Hall–Kier alpha value is -5.99. The van der Waals surface area contributed by atoms with Crippen LogP contribution in [0.25, 0.3) is 22.3 Å². The van der Waals surface area contributed by atoms with Crippen molar-refractivity contribution >= 4 is 91.1 Å². The average Bonchev–Trinajstić information content (AvgIpc) is 3.21. The highest BCUT2D eigenvalue weighted by atomic mass is 79.9. The zero-order valence-corrected chi connectivity index (χ0v) is 39.4. The van der Waals surface area contributed by atoms with Crippen molar-refractivity contribution in [2.45, 2.75) is 33.6 Å². The molecule has 20 heteroatoms. The highest BCUT2D eigenvalue weighted by molar-refractivity contribution is 9.69. The summed E-state index contributed by atoms with van der Waals surface area (Å²) >= 11 is 9.31. The van der Waals surface area contributed by atoms with Crippen LogP contribution in [0.2, 0.25) is 0 Å². The van der Waals surface area contributed by atoms with Gasteiger partial charge >= 0.3 is 21.1 Å². The van der Waals surface area contributed by atoms with Gasteiger partial charge in [-0.2, -0.15) is 0 Å². The van der Waals surface area contributed by atoms with Crippen LogP contribution < -0.4 is 9.47 Å². The maximum atomic E-state index is 13.1. The number of carbonyl (C=O) groups excluding carboxylic acids is 2. The van der Waals surface area contributed by atoms with E-state index < -0.39 is 46.9 Å². The Kier molecular flexibility index (Phi) is 19.3. The number of ketones is 2. The van der Waals surface area contributed by atoms with E-state index in [4.69, 9.17) is 24.4 Å². The van der Waals surface area contributed by atoms with Crippen LogP contribution in [0.4, 0.5) is 13.2 Å². The molecular weight excluding hydrogens is 1040 g/mol. The number of aromatic nitrogens is 1. The van der Waals surface area contributed by atoms with Crippen molar-refractivity contribution in [2.24, 2.45) is 0 Å².